The van der Waals surface area contributed by atoms with Gasteiger partial charge < -0.3 is 34.9 Å². The Morgan fingerprint density at radius 3 is 2.22 bits per heavy atom. The lowest BCUT2D eigenvalue weighted by molar-refractivity contribution is -0.136. The molecule has 15 nitrogen and oxygen atoms in total. The number of rotatable bonds is 21. The quantitative estimate of drug-likeness (QED) is 0.0683. The molecular weight excluding hydrogens is 759 g/mol. The lowest BCUT2D eigenvalue weighted by Crippen LogP contribution is -2.54. The van der Waals surface area contributed by atoms with Crippen molar-refractivity contribution in [3.05, 3.63) is 107 Å². The van der Waals surface area contributed by atoms with E-state index in [1.807, 2.05) is 62.4 Å². The van der Waals surface area contributed by atoms with Gasteiger partial charge in [-0.15, -0.1) is 0 Å². The highest BCUT2D eigenvalue weighted by Gasteiger charge is 2.45. The molecule has 4 N–H and O–H groups in total. The summed E-state index contributed by atoms with van der Waals surface area (Å²) in [4.78, 5) is 76.9. The smallest absolute Gasteiger partial charge is 0.264 e. The number of nitrogens with one attached hydrogen (secondary N) is 4. The van der Waals surface area contributed by atoms with Crippen LogP contribution in [-0.2, 0) is 33.3 Å². The minimum absolute atomic E-state index is 0.0544. The van der Waals surface area contributed by atoms with Crippen LogP contribution in [0.1, 0.15) is 74.4 Å². The Labute approximate surface area is 342 Å². The van der Waals surface area contributed by atoms with E-state index in [-0.39, 0.29) is 54.9 Å². The minimum atomic E-state index is -1.03. The van der Waals surface area contributed by atoms with Crippen molar-refractivity contribution in [2.24, 2.45) is 0 Å². The first-order valence-corrected chi connectivity index (χ1v) is 19.7. The molecule has 0 bridgehead atoms. The molecule has 6 rings (SSSR count). The number of anilines is 2. The lowest BCUT2D eigenvalue weighted by atomic mass is 9.99. The highest BCUT2D eigenvalue weighted by molar-refractivity contribution is 6.25. The van der Waals surface area contributed by atoms with Gasteiger partial charge in [0.2, 0.25) is 17.7 Å². The Hall–Kier alpha value is -6.00. The summed E-state index contributed by atoms with van der Waals surface area (Å²) in [6.07, 6.45) is 0.285. The normalized spacial score (nSPS) is 15.6. The average Bonchev–Trinajstić information content (AvgIpc) is 3.48. The van der Waals surface area contributed by atoms with Gasteiger partial charge >= 0.3 is 0 Å². The van der Waals surface area contributed by atoms with Crippen molar-refractivity contribution in [2.45, 2.75) is 45.2 Å². The molecule has 4 aromatic rings. The fraction of sp³-hybridized carbons (Fsp3) is 0.364. The molecule has 2 heterocycles. The van der Waals surface area contributed by atoms with Crippen molar-refractivity contribution in [2.75, 3.05) is 70.0 Å². The van der Waals surface area contributed by atoms with E-state index in [0.717, 1.165) is 26.8 Å². The van der Waals surface area contributed by atoms with Gasteiger partial charge in [0.25, 0.3) is 17.7 Å². The van der Waals surface area contributed by atoms with E-state index in [9.17, 15) is 28.8 Å². The summed E-state index contributed by atoms with van der Waals surface area (Å²) in [7, 11) is 0. The van der Waals surface area contributed by atoms with Crippen molar-refractivity contribution in [1.29, 1.82) is 0 Å². The second-order valence-corrected chi connectivity index (χ2v) is 14.1. The molecule has 0 aliphatic carbocycles. The number of imide groups is 2. The van der Waals surface area contributed by atoms with E-state index in [1.54, 1.807) is 30.3 Å². The van der Waals surface area contributed by atoms with Gasteiger partial charge in [-0.05, 0) is 66.4 Å². The van der Waals surface area contributed by atoms with E-state index in [0.29, 0.717) is 69.7 Å². The van der Waals surface area contributed by atoms with Crippen LogP contribution in [0.2, 0.25) is 0 Å². The molecule has 1 fully saturated rings. The fourth-order valence-electron chi connectivity index (χ4n) is 6.99. The number of fused-ring (bicyclic) bond motifs is 2. The fourth-order valence-corrected chi connectivity index (χ4v) is 6.99. The molecule has 4 aromatic carbocycles. The summed E-state index contributed by atoms with van der Waals surface area (Å²) in [5.74, 6) is -2.67. The first kappa shape index (κ1) is 42.6. The van der Waals surface area contributed by atoms with Gasteiger partial charge in [-0.3, -0.25) is 39.0 Å². The Morgan fingerprint density at radius 2 is 1.47 bits per heavy atom. The van der Waals surface area contributed by atoms with Crippen molar-refractivity contribution in [3.63, 3.8) is 0 Å². The number of nitrogens with zero attached hydrogens (tertiary/aromatic N) is 1. The molecule has 0 saturated carbocycles. The van der Waals surface area contributed by atoms with Crippen LogP contribution in [0.3, 0.4) is 0 Å². The first-order valence-electron chi connectivity index (χ1n) is 19.7. The van der Waals surface area contributed by atoms with E-state index >= 15 is 0 Å². The Bertz CT molecular complexity index is 2190. The maximum atomic E-state index is 13.3. The summed E-state index contributed by atoms with van der Waals surface area (Å²) >= 11 is 0. The van der Waals surface area contributed by atoms with Crippen LogP contribution in [0.4, 0.5) is 11.4 Å². The number of piperidine rings is 1. The van der Waals surface area contributed by atoms with Crippen molar-refractivity contribution in [3.8, 4) is 0 Å². The van der Waals surface area contributed by atoms with Crippen LogP contribution in [0.5, 0.6) is 0 Å². The van der Waals surface area contributed by atoms with Crippen LogP contribution in [-0.4, -0.2) is 106 Å². The molecule has 59 heavy (non-hydrogen) atoms. The Kier molecular flexibility index (Phi) is 14.9. The Balaban J connectivity index is 0.786. The van der Waals surface area contributed by atoms with E-state index in [2.05, 4.69) is 21.3 Å². The monoisotopic (exact) mass is 807 g/mol. The minimum Gasteiger partial charge on any atom is -0.382 e. The molecule has 0 spiro atoms. The van der Waals surface area contributed by atoms with E-state index < -0.39 is 29.7 Å². The van der Waals surface area contributed by atoms with E-state index in [1.165, 1.54) is 0 Å². The molecule has 1 unspecified atom stereocenters. The number of amides is 6. The first-order chi connectivity index (χ1) is 28.6. The summed E-state index contributed by atoms with van der Waals surface area (Å²) < 4.78 is 22.2. The number of hydrogen-bond donors (Lipinski definition) is 4. The zero-order chi connectivity index (χ0) is 41.7. The van der Waals surface area contributed by atoms with Crippen LogP contribution in [0, 0.1) is 6.92 Å². The molecular formula is C44H49N5O10. The zero-order valence-electron chi connectivity index (χ0n) is 33.2. The number of aryl methyl sites for hydroxylation is 1. The summed E-state index contributed by atoms with van der Waals surface area (Å²) in [6, 6.07) is 23.0. The van der Waals surface area contributed by atoms with E-state index in [4.69, 9.17) is 18.9 Å². The van der Waals surface area contributed by atoms with Crippen LogP contribution >= 0.6 is 0 Å². The van der Waals surface area contributed by atoms with Gasteiger partial charge in [0.15, 0.2) is 0 Å². The molecule has 15 heteroatoms. The summed E-state index contributed by atoms with van der Waals surface area (Å²) in [6.45, 7) is 6.75. The molecule has 6 amide bonds. The molecule has 2 atom stereocenters. The number of carbonyl (C=O) groups is 6. The second-order valence-electron chi connectivity index (χ2n) is 14.1. The third kappa shape index (κ3) is 10.9. The van der Waals surface area contributed by atoms with Gasteiger partial charge in [0.1, 0.15) is 6.04 Å². The lowest BCUT2D eigenvalue weighted by Gasteiger charge is -2.27. The van der Waals surface area contributed by atoms with Gasteiger partial charge in [-0.25, -0.2) is 0 Å². The number of ether oxygens (including phenoxy) is 4. The molecule has 1 saturated heterocycles. The van der Waals surface area contributed by atoms with Crippen molar-refractivity contribution in [1.82, 2.24) is 15.5 Å². The largest absolute Gasteiger partial charge is 0.382 e. The zero-order valence-corrected chi connectivity index (χ0v) is 33.2. The molecule has 2 aliphatic rings. The maximum absolute atomic E-state index is 13.3. The third-order valence-corrected chi connectivity index (χ3v) is 10.0. The maximum Gasteiger partial charge on any atom is 0.264 e. The highest BCUT2D eigenvalue weighted by Crippen LogP contribution is 2.32. The number of carbonyl (C=O) groups excluding carboxylic acids is 6. The number of benzene rings is 4. The average molecular weight is 808 g/mol. The van der Waals surface area contributed by atoms with Crippen LogP contribution in [0.15, 0.2) is 78.9 Å². The predicted octanol–water partition coefficient (Wildman–Crippen LogP) is 4.55. The van der Waals surface area contributed by atoms with Crippen LogP contribution in [0.25, 0.3) is 10.8 Å². The third-order valence-electron chi connectivity index (χ3n) is 10.0. The van der Waals surface area contributed by atoms with Gasteiger partial charge in [0, 0.05) is 29.9 Å². The SMILES string of the molecule is Cc1ccc(NC(=O)CCOCCOCCOCCOCCNc2cccc3c2C(=O)N(C2CCC(=O)NC2=O)C3=O)cc1C(=O)N[C@H](C)c1cccc2ccccc12. The molecule has 2 aliphatic heterocycles. The van der Waals surface area contributed by atoms with Gasteiger partial charge in [0.05, 0.1) is 76.4 Å². The molecule has 0 aromatic heterocycles. The topological polar surface area (TPSA) is 191 Å². The predicted molar refractivity (Wildman–Crippen MR) is 219 cm³/mol. The van der Waals surface area contributed by atoms with Crippen LogP contribution < -0.4 is 21.3 Å². The van der Waals surface area contributed by atoms with Gasteiger partial charge in [-0.2, -0.15) is 0 Å². The van der Waals surface area contributed by atoms with Gasteiger partial charge in [-0.1, -0.05) is 54.6 Å². The van der Waals surface area contributed by atoms with Crippen molar-refractivity contribution < 1.29 is 47.7 Å². The summed E-state index contributed by atoms with van der Waals surface area (Å²) in [5.41, 5.74) is 3.71. The Morgan fingerprint density at radius 1 is 0.797 bits per heavy atom. The molecule has 310 valence electrons. The number of hydrogen-bond acceptors (Lipinski definition) is 11. The highest BCUT2D eigenvalue weighted by atomic mass is 16.6. The standard InChI is InChI=1S/C44H49N5O10/c1-28-13-14-31(27-35(28)41(52)46-29(2)32-10-5-8-30-7-3-4-9-33(30)32)47-39(51)17-19-56-21-23-58-25-26-59-24-22-57-20-18-45-36-12-6-11-34-40(36)44(55)49(43(34)54)37-15-16-38(50)48-42(37)53/h3-14,27,29,37,45H,15-26H2,1-2H3,(H,46,52)(H,47,51)(H,48,50,53)/t29-,37?/m1/s1. The van der Waals surface area contributed by atoms with Crippen molar-refractivity contribution >= 4 is 57.6 Å². The second kappa shape index (κ2) is 20.6. The summed E-state index contributed by atoms with van der Waals surface area (Å²) in [5, 5.41) is 13.5. The molecule has 0 radical (unpaired) electrons.